The third kappa shape index (κ3) is 3.87. The van der Waals surface area contributed by atoms with E-state index in [9.17, 15) is 4.79 Å². The van der Waals surface area contributed by atoms with Crippen LogP contribution >= 0.6 is 34.5 Å². The molecule has 25 heavy (non-hydrogen) atoms. The van der Waals surface area contributed by atoms with Crippen LogP contribution in [-0.4, -0.2) is 10.9 Å². The molecule has 0 bridgehead atoms. The summed E-state index contributed by atoms with van der Waals surface area (Å²) in [5.74, 6) is -0.328. The van der Waals surface area contributed by atoms with Gasteiger partial charge in [-0.3, -0.25) is 10.1 Å². The Hall–Kier alpha value is -1.88. The van der Waals surface area contributed by atoms with Crippen molar-refractivity contribution in [3.05, 3.63) is 68.0 Å². The molecular formula is C19H16Cl2N2OS. The van der Waals surface area contributed by atoms with Gasteiger partial charge in [0.2, 0.25) is 0 Å². The van der Waals surface area contributed by atoms with Crippen LogP contribution in [0.4, 0.5) is 5.13 Å². The van der Waals surface area contributed by atoms with Crippen LogP contribution < -0.4 is 5.32 Å². The van der Waals surface area contributed by atoms with Gasteiger partial charge in [-0.2, -0.15) is 0 Å². The lowest BCUT2D eigenvalue weighted by molar-refractivity contribution is 0.102. The first-order valence-electron chi connectivity index (χ1n) is 7.65. The second kappa shape index (κ2) is 7.16. The lowest BCUT2D eigenvalue weighted by Gasteiger charge is -2.09. The molecule has 6 heteroatoms. The van der Waals surface area contributed by atoms with Crippen molar-refractivity contribution < 1.29 is 4.79 Å². The Morgan fingerprint density at radius 2 is 1.76 bits per heavy atom. The zero-order valence-electron chi connectivity index (χ0n) is 14.0. The summed E-state index contributed by atoms with van der Waals surface area (Å²) in [6, 6.07) is 9.05. The summed E-state index contributed by atoms with van der Waals surface area (Å²) in [6.45, 7) is 6.21. The molecule has 1 aromatic heterocycles. The quantitative estimate of drug-likeness (QED) is 0.570. The number of thiazole rings is 1. The number of amides is 1. The molecule has 0 atom stereocenters. The molecule has 0 saturated heterocycles. The number of benzene rings is 2. The van der Waals surface area contributed by atoms with Crippen LogP contribution in [0.2, 0.25) is 10.0 Å². The standard InChI is InChI=1S/C19H16Cl2N2OS/c1-10-6-11(2)17(12(3)7-10)16-9-25-19(22-16)23-18(24)14-8-13(20)4-5-15(14)21/h4-9H,1-3H3,(H,22,23,24). The van der Waals surface area contributed by atoms with Crippen LogP contribution in [0.25, 0.3) is 11.3 Å². The topological polar surface area (TPSA) is 42.0 Å². The minimum Gasteiger partial charge on any atom is -0.298 e. The van der Waals surface area contributed by atoms with Gasteiger partial charge < -0.3 is 0 Å². The van der Waals surface area contributed by atoms with E-state index in [1.54, 1.807) is 18.2 Å². The molecule has 3 nitrogen and oxygen atoms in total. The molecule has 3 rings (SSSR count). The zero-order chi connectivity index (χ0) is 18.1. The third-order valence-corrected chi connectivity index (χ3v) is 5.15. The SMILES string of the molecule is Cc1cc(C)c(-c2csc(NC(=O)c3cc(Cl)ccc3Cl)n2)c(C)c1. The van der Waals surface area contributed by atoms with Gasteiger partial charge in [0.25, 0.3) is 5.91 Å². The molecule has 0 aliphatic carbocycles. The van der Waals surface area contributed by atoms with Gasteiger partial charge in [0.15, 0.2) is 5.13 Å². The number of hydrogen-bond acceptors (Lipinski definition) is 3. The second-order valence-corrected chi connectivity index (χ2v) is 7.59. The zero-order valence-corrected chi connectivity index (χ0v) is 16.3. The summed E-state index contributed by atoms with van der Waals surface area (Å²) in [7, 11) is 0. The van der Waals surface area contributed by atoms with Gasteiger partial charge >= 0.3 is 0 Å². The van der Waals surface area contributed by atoms with Crippen molar-refractivity contribution in [3.8, 4) is 11.3 Å². The monoisotopic (exact) mass is 390 g/mol. The van der Waals surface area contributed by atoms with E-state index in [0.29, 0.717) is 20.7 Å². The number of carbonyl (C=O) groups is 1. The first-order chi connectivity index (χ1) is 11.8. The Bertz CT molecular complexity index is 943. The van der Waals surface area contributed by atoms with E-state index in [1.807, 2.05) is 5.38 Å². The van der Waals surface area contributed by atoms with E-state index in [0.717, 1.165) is 11.3 Å². The number of carbonyl (C=O) groups excluding carboxylic acids is 1. The van der Waals surface area contributed by atoms with Crippen LogP contribution in [0.5, 0.6) is 0 Å². The molecule has 128 valence electrons. The van der Waals surface area contributed by atoms with Gasteiger partial charge in [-0.15, -0.1) is 11.3 Å². The number of nitrogens with zero attached hydrogens (tertiary/aromatic N) is 1. The molecule has 0 aliphatic rings. The first-order valence-corrected chi connectivity index (χ1v) is 9.29. The first kappa shape index (κ1) is 17.9. The maximum absolute atomic E-state index is 12.4. The Kier molecular flexibility index (Phi) is 5.13. The van der Waals surface area contributed by atoms with E-state index in [-0.39, 0.29) is 5.91 Å². The van der Waals surface area contributed by atoms with Crippen LogP contribution in [0.3, 0.4) is 0 Å². The largest absolute Gasteiger partial charge is 0.298 e. The number of nitrogens with one attached hydrogen (secondary N) is 1. The summed E-state index contributed by atoms with van der Waals surface area (Å²) >= 11 is 13.4. The molecule has 0 spiro atoms. The predicted octanol–water partition coefficient (Wildman–Crippen LogP) is 6.29. The summed E-state index contributed by atoms with van der Waals surface area (Å²) in [5, 5.41) is 6.07. The van der Waals surface area contributed by atoms with Crippen molar-refractivity contribution in [3.63, 3.8) is 0 Å². The van der Waals surface area contributed by atoms with Crippen molar-refractivity contribution in [2.75, 3.05) is 5.32 Å². The van der Waals surface area contributed by atoms with Crippen LogP contribution in [0, 0.1) is 20.8 Å². The molecule has 1 N–H and O–H groups in total. The van der Waals surface area contributed by atoms with Crippen molar-refractivity contribution in [2.24, 2.45) is 0 Å². The highest BCUT2D eigenvalue weighted by Crippen LogP contribution is 2.31. The molecule has 2 aromatic carbocycles. The normalized spacial score (nSPS) is 10.8. The predicted molar refractivity (Wildman–Crippen MR) is 106 cm³/mol. The average Bonchev–Trinajstić information content (AvgIpc) is 2.96. The van der Waals surface area contributed by atoms with Crippen LogP contribution in [-0.2, 0) is 0 Å². The van der Waals surface area contributed by atoms with Crippen molar-refractivity contribution in [2.45, 2.75) is 20.8 Å². The fourth-order valence-corrected chi connectivity index (χ4v) is 3.94. The number of rotatable bonds is 3. The minimum atomic E-state index is -0.328. The molecule has 0 unspecified atom stereocenters. The highest BCUT2D eigenvalue weighted by atomic mass is 35.5. The van der Waals surface area contributed by atoms with Gasteiger partial charge in [-0.25, -0.2) is 4.98 Å². The van der Waals surface area contributed by atoms with Gasteiger partial charge in [0.05, 0.1) is 16.3 Å². The number of halogens is 2. The molecule has 0 fully saturated rings. The Morgan fingerprint density at radius 1 is 1.08 bits per heavy atom. The highest BCUT2D eigenvalue weighted by molar-refractivity contribution is 7.14. The Labute approximate surface area is 160 Å². The lowest BCUT2D eigenvalue weighted by Crippen LogP contribution is -2.12. The van der Waals surface area contributed by atoms with Crippen molar-refractivity contribution in [1.29, 1.82) is 0 Å². The summed E-state index contributed by atoms with van der Waals surface area (Å²) in [4.78, 5) is 17.0. The maximum Gasteiger partial charge on any atom is 0.259 e. The number of aryl methyl sites for hydroxylation is 3. The second-order valence-electron chi connectivity index (χ2n) is 5.89. The van der Waals surface area contributed by atoms with Gasteiger partial charge in [-0.05, 0) is 50.1 Å². The molecular weight excluding hydrogens is 375 g/mol. The number of aromatic nitrogens is 1. The van der Waals surface area contributed by atoms with Gasteiger partial charge in [-0.1, -0.05) is 40.9 Å². The summed E-state index contributed by atoms with van der Waals surface area (Å²) < 4.78 is 0. The van der Waals surface area contributed by atoms with E-state index in [2.05, 4.69) is 43.2 Å². The number of anilines is 1. The third-order valence-electron chi connectivity index (χ3n) is 3.83. The molecule has 0 aliphatic heterocycles. The van der Waals surface area contributed by atoms with Gasteiger partial charge in [0.1, 0.15) is 0 Å². The minimum absolute atomic E-state index is 0.327. The van der Waals surface area contributed by atoms with Crippen LogP contribution in [0.1, 0.15) is 27.0 Å². The molecule has 1 amide bonds. The van der Waals surface area contributed by atoms with Crippen molar-refractivity contribution >= 4 is 45.6 Å². The maximum atomic E-state index is 12.4. The van der Waals surface area contributed by atoms with E-state index < -0.39 is 0 Å². The fraction of sp³-hybridized carbons (Fsp3) is 0.158. The Morgan fingerprint density at radius 3 is 2.44 bits per heavy atom. The molecule has 0 radical (unpaired) electrons. The van der Waals surface area contributed by atoms with Crippen molar-refractivity contribution in [1.82, 2.24) is 4.98 Å². The average molecular weight is 391 g/mol. The van der Waals surface area contributed by atoms with E-state index in [4.69, 9.17) is 23.2 Å². The van der Waals surface area contributed by atoms with E-state index >= 15 is 0 Å². The smallest absolute Gasteiger partial charge is 0.259 e. The Balaban J connectivity index is 1.88. The van der Waals surface area contributed by atoms with E-state index in [1.165, 1.54) is 28.0 Å². The molecule has 0 saturated carbocycles. The van der Waals surface area contributed by atoms with Crippen LogP contribution in [0.15, 0.2) is 35.7 Å². The summed E-state index contributed by atoms with van der Waals surface area (Å²) in [6.07, 6.45) is 0. The molecule has 1 heterocycles. The molecule has 3 aromatic rings. The lowest BCUT2D eigenvalue weighted by atomic mass is 9.98. The fourth-order valence-electron chi connectivity index (χ4n) is 2.87. The number of hydrogen-bond donors (Lipinski definition) is 1. The van der Waals surface area contributed by atoms with Gasteiger partial charge in [0, 0.05) is 16.0 Å². The summed E-state index contributed by atoms with van der Waals surface area (Å²) in [5.41, 5.74) is 5.83. The highest BCUT2D eigenvalue weighted by Gasteiger charge is 2.15.